The fourth-order valence-corrected chi connectivity index (χ4v) is 1.73. The van der Waals surface area contributed by atoms with Gasteiger partial charge in [-0.25, -0.2) is 4.79 Å². The number of aromatic carboxylic acids is 1. The molecule has 98 valence electrons. The van der Waals surface area contributed by atoms with Crippen molar-refractivity contribution >= 4 is 5.97 Å². The van der Waals surface area contributed by atoms with Crippen LogP contribution in [0, 0.1) is 20.8 Å². The lowest BCUT2D eigenvalue weighted by Gasteiger charge is -2.12. The van der Waals surface area contributed by atoms with E-state index in [9.17, 15) is 4.79 Å². The fraction of sp³-hybridized carbons (Fsp3) is 0.200. The summed E-state index contributed by atoms with van der Waals surface area (Å²) < 4.78 is 5.74. The molecule has 0 radical (unpaired) electrons. The maximum atomic E-state index is 11.2. The van der Waals surface area contributed by atoms with E-state index in [-0.39, 0.29) is 5.56 Å². The van der Waals surface area contributed by atoms with Gasteiger partial charge in [0.15, 0.2) is 0 Å². The molecule has 0 saturated carbocycles. The third kappa shape index (κ3) is 2.73. The zero-order chi connectivity index (χ0) is 14.0. The minimum atomic E-state index is -1.05. The van der Waals surface area contributed by atoms with E-state index in [1.807, 2.05) is 32.0 Å². The number of pyridine rings is 1. The predicted octanol–water partition coefficient (Wildman–Crippen LogP) is 3.50. The van der Waals surface area contributed by atoms with Crippen LogP contribution in [-0.2, 0) is 0 Å². The number of hydrogen-bond donors (Lipinski definition) is 1. The predicted molar refractivity (Wildman–Crippen MR) is 71.9 cm³/mol. The van der Waals surface area contributed by atoms with Crippen LogP contribution in [0.25, 0.3) is 0 Å². The summed E-state index contributed by atoms with van der Waals surface area (Å²) in [4.78, 5) is 15.1. The highest BCUT2D eigenvalue weighted by Gasteiger charge is 2.14. The fourth-order valence-electron chi connectivity index (χ4n) is 1.73. The molecule has 0 aliphatic heterocycles. The Balaban J connectivity index is 2.45. The molecule has 0 amide bonds. The Labute approximate surface area is 111 Å². The van der Waals surface area contributed by atoms with Crippen LogP contribution in [0.3, 0.4) is 0 Å². The number of carboxylic acids is 1. The molecule has 2 rings (SSSR count). The van der Waals surface area contributed by atoms with Gasteiger partial charge in [0.1, 0.15) is 17.1 Å². The van der Waals surface area contributed by atoms with Crippen LogP contribution in [0.2, 0.25) is 0 Å². The van der Waals surface area contributed by atoms with Gasteiger partial charge in [0.05, 0.1) is 0 Å². The van der Waals surface area contributed by atoms with Gasteiger partial charge in [-0.15, -0.1) is 0 Å². The van der Waals surface area contributed by atoms with E-state index in [0.717, 1.165) is 11.1 Å². The summed E-state index contributed by atoms with van der Waals surface area (Å²) in [7, 11) is 0. The molecule has 0 aliphatic rings. The molecular weight excluding hydrogens is 242 g/mol. The monoisotopic (exact) mass is 257 g/mol. The molecular formula is C15H15NO3. The summed E-state index contributed by atoms with van der Waals surface area (Å²) >= 11 is 0. The zero-order valence-electron chi connectivity index (χ0n) is 11.1. The second-order valence-electron chi connectivity index (χ2n) is 4.43. The van der Waals surface area contributed by atoms with Gasteiger partial charge in [0.2, 0.25) is 0 Å². The van der Waals surface area contributed by atoms with Gasteiger partial charge in [0, 0.05) is 18.0 Å². The summed E-state index contributed by atoms with van der Waals surface area (Å²) in [5, 5.41) is 9.14. The standard InChI is InChI=1S/C15H15NO3/c1-9-5-4-6-13(11(9)3)19-14-7-10(2)16-8-12(14)15(17)18/h4-8H,1-3H3,(H,17,18). The van der Waals surface area contributed by atoms with Crippen LogP contribution in [0.1, 0.15) is 27.2 Å². The summed E-state index contributed by atoms with van der Waals surface area (Å²) in [5.74, 6) is -0.0744. The van der Waals surface area contributed by atoms with Gasteiger partial charge in [-0.3, -0.25) is 4.98 Å². The number of nitrogens with zero attached hydrogens (tertiary/aromatic N) is 1. The van der Waals surface area contributed by atoms with Crippen LogP contribution < -0.4 is 4.74 Å². The second-order valence-corrected chi connectivity index (χ2v) is 4.43. The quantitative estimate of drug-likeness (QED) is 0.914. The molecule has 0 fully saturated rings. The van der Waals surface area contributed by atoms with E-state index in [0.29, 0.717) is 17.2 Å². The van der Waals surface area contributed by atoms with Gasteiger partial charge in [-0.05, 0) is 38.0 Å². The molecule has 0 aliphatic carbocycles. The van der Waals surface area contributed by atoms with Crippen molar-refractivity contribution < 1.29 is 14.6 Å². The van der Waals surface area contributed by atoms with Crippen LogP contribution >= 0.6 is 0 Å². The molecule has 1 aromatic heterocycles. The SMILES string of the molecule is Cc1cc(Oc2cccc(C)c2C)c(C(=O)O)cn1. The first-order chi connectivity index (χ1) is 8.99. The Morgan fingerprint density at radius 1 is 1.21 bits per heavy atom. The minimum absolute atomic E-state index is 0.0616. The van der Waals surface area contributed by atoms with Crippen molar-refractivity contribution in [2.75, 3.05) is 0 Å². The molecule has 4 nitrogen and oxygen atoms in total. The van der Waals surface area contributed by atoms with Crippen LogP contribution in [-0.4, -0.2) is 16.1 Å². The number of carboxylic acid groups (broad SMARTS) is 1. The molecule has 2 aromatic rings. The summed E-state index contributed by atoms with van der Waals surface area (Å²) in [6, 6.07) is 7.32. The first-order valence-electron chi connectivity index (χ1n) is 5.93. The number of benzene rings is 1. The number of hydrogen-bond acceptors (Lipinski definition) is 3. The van der Waals surface area contributed by atoms with Crippen LogP contribution in [0.15, 0.2) is 30.5 Å². The van der Waals surface area contributed by atoms with Crippen molar-refractivity contribution in [1.82, 2.24) is 4.98 Å². The van der Waals surface area contributed by atoms with Crippen molar-refractivity contribution in [3.63, 3.8) is 0 Å². The lowest BCUT2D eigenvalue weighted by atomic mass is 10.1. The van der Waals surface area contributed by atoms with Crippen molar-refractivity contribution in [3.8, 4) is 11.5 Å². The zero-order valence-corrected chi connectivity index (χ0v) is 11.1. The molecule has 0 spiro atoms. The average Bonchev–Trinajstić information content (AvgIpc) is 2.35. The van der Waals surface area contributed by atoms with Crippen molar-refractivity contribution in [1.29, 1.82) is 0 Å². The van der Waals surface area contributed by atoms with Crippen LogP contribution in [0.5, 0.6) is 11.5 Å². The Bertz CT molecular complexity index is 635. The van der Waals surface area contributed by atoms with Crippen molar-refractivity contribution in [2.45, 2.75) is 20.8 Å². The molecule has 4 heteroatoms. The summed E-state index contributed by atoms with van der Waals surface area (Å²) in [6.45, 7) is 5.72. The number of rotatable bonds is 3. The smallest absolute Gasteiger partial charge is 0.341 e. The number of aromatic nitrogens is 1. The molecule has 0 bridgehead atoms. The highest BCUT2D eigenvalue weighted by molar-refractivity contribution is 5.90. The number of ether oxygens (including phenoxy) is 1. The van der Waals surface area contributed by atoms with E-state index in [2.05, 4.69) is 4.98 Å². The van der Waals surface area contributed by atoms with E-state index in [1.165, 1.54) is 6.20 Å². The van der Waals surface area contributed by atoms with Crippen molar-refractivity contribution in [3.05, 3.63) is 52.8 Å². The van der Waals surface area contributed by atoms with Gasteiger partial charge >= 0.3 is 5.97 Å². The summed E-state index contributed by atoms with van der Waals surface area (Å²) in [6.07, 6.45) is 1.32. The Kier molecular flexibility index (Phi) is 3.51. The molecule has 1 aromatic carbocycles. The number of carbonyl (C=O) groups is 1. The molecule has 1 heterocycles. The van der Waals surface area contributed by atoms with E-state index >= 15 is 0 Å². The third-order valence-electron chi connectivity index (χ3n) is 3.01. The molecule has 1 N–H and O–H groups in total. The van der Waals surface area contributed by atoms with E-state index in [4.69, 9.17) is 9.84 Å². The Morgan fingerprint density at radius 2 is 1.95 bits per heavy atom. The first-order valence-corrected chi connectivity index (χ1v) is 5.93. The van der Waals surface area contributed by atoms with Gasteiger partial charge in [-0.2, -0.15) is 0 Å². The number of aryl methyl sites for hydroxylation is 2. The molecule has 0 saturated heterocycles. The third-order valence-corrected chi connectivity index (χ3v) is 3.01. The summed E-state index contributed by atoms with van der Waals surface area (Å²) in [5.41, 5.74) is 2.87. The molecule has 0 atom stereocenters. The maximum Gasteiger partial charge on any atom is 0.341 e. The van der Waals surface area contributed by atoms with E-state index < -0.39 is 5.97 Å². The van der Waals surface area contributed by atoms with Crippen molar-refractivity contribution in [2.24, 2.45) is 0 Å². The normalized spacial score (nSPS) is 10.3. The minimum Gasteiger partial charge on any atom is -0.477 e. The second kappa shape index (κ2) is 5.10. The van der Waals surface area contributed by atoms with Crippen LogP contribution in [0.4, 0.5) is 0 Å². The first kappa shape index (κ1) is 13.1. The lowest BCUT2D eigenvalue weighted by Crippen LogP contribution is -2.02. The maximum absolute atomic E-state index is 11.2. The van der Waals surface area contributed by atoms with E-state index in [1.54, 1.807) is 13.0 Å². The molecule has 19 heavy (non-hydrogen) atoms. The van der Waals surface area contributed by atoms with Gasteiger partial charge < -0.3 is 9.84 Å². The lowest BCUT2D eigenvalue weighted by molar-refractivity contribution is 0.0693. The average molecular weight is 257 g/mol. The highest BCUT2D eigenvalue weighted by Crippen LogP contribution is 2.29. The van der Waals surface area contributed by atoms with Gasteiger partial charge in [0.25, 0.3) is 0 Å². The largest absolute Gasteiger partial charge is 0.477 e. The van der Waals surface area contributed by atoms with Gasteiger partial charge in [-0.1, -0.05) is 12.1 Å². The highest BCUT2D eigenvalue weighted by atomic mass is 16.5. The Morgan fingerprint density at radius 3 is 2.63 bits per heavy atom. The molecule has 0 unspecified atom stereocenters. The Hall–Kier alpha value is -2.36. The topological polar surface area (TPSA) is 59.4 Å².